The first-order valence-electron chi connectivity index (χ1n) is 6.56. The molecule has 2 nitrogen and oxygen atoms in total. The minimum absolute atomic E-state index is 0.0316. The third-order valence-corrected chi connectivity index (χ3v) is 4.18. The van der Waals surface area contributed by atoms with Gasteiger partial charge in [0, 0.05) is 0 Å². The van der Waals surface area contributed by atoms with Crippen LogP contribution >= 0.6 is 0 Å². The Hall–Kier alpha value is -0.860. The number of benzene rings is 1. The van der Waals surface area contributed by atoms with Crippen molar-refractivity contribution in [2.24, 2.45) is 0 Å². The van der Waals surface area contributed by atoms with Gasteiger partial charge >= 0.3 is 0 Å². The Balaban J connectivity index is 2.14. The molecule has 1 aromatic rings. The predicted octanol–water partition coefficient (Wildman–Crippen LogP) is 2.84. The summed E-state index contributed by atoms with van der Waals surface area (Å²) < 4.78 is 6.46. The van der Waals surface area contributed by atoms with Crippen molar-refractivity contribution in [3.8, 4) is 0 Å². The normalized spacial score (nSPS) is 24.9. The summed E-state index contributed by atoms with van der Waals surface area (Å²) in [5.41, 5.74) is 3.98. The van der Waals surface area contributed by atoms with Crippen molar-refractivity contribution < 1.29 is 4.74 Å². The van der Waals surface area contributed by atoms with Crippen molar-refractivity contribution in [1.29, 1.82) is 0 Å². The van der Waals surface area contributed by atoms with Gasteiger partial charge in [-0.2, -0.15) is 0 Å². The summed E-state index contributed by atoms with van der Waals surface area (Å²) in [5, 5.41) is 3.43. The van der Waals surface area contributed by atoms with Crippen LogP contribution in [0.3, 0.4) is 0 Å². The molecule has 0 aliphatic carbocycles. The number of piperidine rings is 1. The van der Waals surface area contributed by atoms with E-state index in [0.717, 1.165) is 25.9 Å². The van der Waals surface area contributed by atoms with Crippen molar-refractivity contribution >= 4 is 0 Å². The summed E-state index contributed by atoms with van der Waals surface area (Å²) in [6.45, 7) is 8.67. The zero-order valence-corrected chi connectivity index (χ0v) is 11.0. The van der Waals surface area contributed by atoms with Crippen molar-refractivity contribution in [2.45, 2.75) is 44.8 Å². The molecule has 0 atom stereocenters. The molecule has 2 heteroatoms. The standard InChI is InChI=1S/C15H21NO/c1-11-4-5-12-13(10-11)15(17-14(12,2)3)6-8-16-9-7-15/h4-5,10,16H,6-9H2,1-3H3. The minimum atomic E-state index is -0.139. The second kappa shape index (κ2) is 3.56. The molecule has 0 saturated carbocycles. The van der Waals surface area contributed by atoms with E-state index < -0.39 is 0 Å². The molecule has 92 valence electrons. The molecule has 1 saturated heterocycles. The summed E-state index contributed by atoms with van der Waals surface area (Å²) in [4.78, 5) is 0. The average molecular weight is 231 g/mol. The van der Waals surface area contributed by atoms with Gasteiger partial charge in [0.05, 0.1) is 11.2 Å². The van der Waals surface area contributed by atoms with E-state index in [1.807, 2.05) is 0 Å². The topological polar surface area (TPSA) is 21.3 Å². The SMILES string of the molecule is Cc1ccc2c(c1)C1(CCNCC1)OC2(C)C. The molecule has 2 aliphatic rings. The maximum Gasteiger partial charge on any atom is 0.0971 e. The molecule has 1 fully saturated rings. The molecule has 2 aliphatic heterocycles. The van der Waals surface area contributed by atoms with Crippen LogP contribution in [-0.4, -0.2) is 13.1 Å². The molecule has 0 bridgehead atoms. The van der Waals surface area contributed by atoms with Crippen LogP contribution in [0.15, 0.2) is 18.2 Å². The van der Waals surface area contributed by atoms with E-state index in [0.29, 0.717) is 0 Å². The van der Waals surface area contributed by atoms with Crippen molar-refractivity contribution in [1.82, 2.24) is 5.32 Å². The number of rotatable bonds is 0. The van der Waals surface area contributed by atoms with Gasteiger partial charge in [0.25, 0.3) is 0 Å². The van der Waals surface area contributed by atoms with Gasteiger partial charge in [-0.1, -0.05) is 23.8 Å². The Morgan fingerprint density at radius 1 is 1.12 bits per heavy atom. The number of hydrogen-bond acceptors (Lipinski definition) is 2. The van der Waals surface area contributed by atoms with Gasteiger partial charge in [0.2, 0.25) is 0 Å². The van der Waals surface area contributed by atoms with Crippen molar-refractivity contribution in [2.75, 3.05) is 13.1 Å². The molecule has 3 rings (SSSR count). The zero-order valence-electron chi connectivity index (χ0n) is 11.0. The van der Waals surface area contributed by atoms with Crippen LogP contribution in [-0.2, 0) is 15.9 Å². The lowest BCUT2D eigenvalue weighted by Gasteiger charge is -2.36. The third-order valence-electron chi connectivity index (χ3n) is 4.18. The van der Waals surface area contributed by atoms with Crippen LogP contribution in [0.1, 0.15) is 43.4 Å². The van der Waals surface area contributed by atoms with Crippen LogP contribution in [0.5, 0.6) is 0 Å². The molecule has 1 aromatic carbocycles. The lowest BCUT2D eigenvalue weighted by Crippen LogP contribution is -2.41. The molecule has 17 heavy (non-hydrogen) atoms. The summed E-state index contributed by atoms with van der Waals surface area (Å²) in [5.74, 6) is 0. The number of aryl methyl sites for hydroxylation is 1. The lowest BCUT2D eigenvalue weighted by molar-refractivity contribution is -0.138. The van der Waals surface area contributed by atoms with Crippen LogP contribution in [0, 0.1) is 6.92 Å². The van der Waals surface area contributed by atoms with E-state index in [9.17, 15) is 0 Å². The largest absolute Gasteiger partial charge is 0.360 e. The van der Waals surface area contributed by atoms with Gasteiger partial charge in [-0.05, 0) is 57.8 Å². The van der Waals surface area contributed by atoms with Crippen LogP contribution in [0.4, 0.5) is 0 Å². The summed E-state index contributed by atoms with van der Waals surface area (Å²) in [6, 6.07) is 6.78. The van der Waals surface area contributed by atoms with E-state index in [-0.39, 0.29) is 11.2 Å². The van der Waals surface area contributed by atoms with Gasteiger partial charge in [0.1, 0.15) is 0 Å². The fourth-order valence-corrected chi connectivity index (χ4v) is 3.36. The van der Waals surface area contributed by atoms with Gasteiger partial charge in [-0.25, -0.2) is 0 Å². The van der Waals surface area contributed by atoms with Crippen molar-refractivity contribution in [3.05, 3.63) is 34.9 Å². The van der Waals surface area contributed by atoms with Crippen LogP contribution in [0.2, 0.25) is 0 Å². The molecule has 1 spiro atoms. The Bertz CT molecular complexity index is 444. The first-order valence-corrected chi connectivity index (χ1v) is 6.56. The van der Waals surface area contributed by atoms with E-state index >= 15 is 0 Å². The summed E-state index contributed by atoms with van der Waals surface area (Å²) in [7, 11) is 0. The zero-order chi connectivity index (χ0) is 12.1. The first-order chi connectivity index (χ1) is 8.04. The molecule has 2 heterocycles. The number of ether oxygens (including phenoxy) is 1. The number of hydrogen-bond donors (Lipinski definition) is 1. The fourth-order valence-electron chi connectivity index (χ4n) is 3.36. The Labute approximate surface area is 103 Å². The summed E-state index contributed by atoms with van der Waals surface area (Å²) >= 11 is 0. The highest BCUT2D eigenvalue weighted by Gasteiger charge is 2.48. The average Bonchev–Trinajstić information content (AvgIpc) is 2.48. The molecule has 0 radical (unpaired) electrons. The maximum absolute atomic E-state index is 6.46. The number of nitrogens with one attached hydrogen (secondary N) is 1. The first kappa shape index (κ1) is 11.2. The van der Waals surface area contributed by atoms with Gasteiger partial charge in [-0.3, -0.25) is 0 Å². The van der Waals surface area contributed by atoms with Crippen molar-refractivity contribution in [3.63, 3.8) is 0 Å². The van der Waals surface area contributed by atoms with Gasteiger partial charge in [-0.15, -0.1) is 0 Å². The molecule has 1 N–H and O–H groups in total. The van der Waals surface area contributed by atoms with E-state index in [4.69, 9.17) is 4.74 Å². The van der Waals surface area contributed by atoms with Crippen LogP contribution < -0.4 is 5.32 Å². The van der Waals surface area contributed by atoms with Gasteiger partial charge in [0.15, 0.2) is 0 Å². The molecular weight excluding hydrogens is 210 g/mol. The van der Waals surface area contributed by atoms with Gasteiger partial charge < -0.3 is 10.1 Å². The predicted molar refractivity (Wildman–Crippen MR) is 69.1 cm³/mol. The Kier molecular flexibility index (Phi) is 2.36. The monoisotopic (exact) mass is 231 g/mol. The summed E-state index contributed by atoms with van der Waals surface area (Å²) in [6.07, 6.45) is 2.18. The Morgan fingerprint density at radius 3 is 2.53 bits per heavy atom. The highest BCUT2D eigenvalue weighted by atomic mass is 16.5. The third kappa shape index (κ3) is 1.62. The van der Waals surface area contributed by atoms with E-state index in [1.165, 1.54) is 16.7 Å². The number of fused-ring (bicyclic) bond motifs is 2. The molecule has 0 amide bonds. The quantitative estimate of drug-likeness (QED) is 0.741. The maximum atomic E-state index is 6.46. The lowest BCUT2D eigenvalue weighted by atomic mass is 9.82. The van der Waals surface area contributed by atoms with E-state index in [2.05, 4.69) is 44.3 Å². The molecular formula is C15H21NO. The molecule has 0 unspecified atom stereocenters. The van der Waals surface area contributed by atoms with E-state index in [1.54, 1.807) is 0 Å². The Morgan fingerprint density at radius 2 is 1.82 bits per heavy atom. The highest BCUT2D eigenvalue weighted by Crippen LogP contribution is 2.51. The highest BCUT2D eigenvalue weighted by molar-refractivity contribution is 5.43. The molecule has 0 aromatic heterocycles. The smallest absolute Gasteiger partial charge is 0.0971 e. The van der Waals surface area contributed by atoms with Crippen LogP contribution in [0.25, 0.3) is 0 Å². The fraction of sp³-hybridized carbons (Fsp3) is 0.600. The minimum Gasteiger partial charge on any atom is -0.360 e. The second-order valence-corrected chi connectivity index (χ2v) is 5.91. The second-order valence-electron chi connectivity index (χ2n) is 5.91.